The van der Waals surface area contributed by atoms with Crippen LogP contribution in [-0.2, 0) is 16.7 Å². The van der Waals surface area contributed by atoms with Crippen LogP contribution < -0.4 is 20.7 Å². The third kappa shape index (κ3) is 5.03. The number of pyridine rings is 1. The van der Waals surface area contributed by atoms with E-state index < -0.39 is 0 Å². The van der Waals surface area contributed by atoms with E-state index in [9.17, 15) is 4.79 Å². The first-order valence-electron chi connectivity index (χ1n) is 13.3. The molecule has 1 aromatic carbocycles. The predicted octanol–water partition coefficient (Wildman–Crippen LogP) is 4.81. The second-order valence-corrected chi connectivity index (χ2v) is 10.5. The Morgan fingerprint density at radius 3 is 2.76 bits per heavy atom. The highest BCUT2D eigenvalue weighted by Gasteiger charge is 2.48. The normalized spacial score (nSPS) is 15.7. The van der Waals surface area contributed by atoms with Crippen LogP contribution in [0.15, 0.2) is 42.9 Å². The van der Waals surface area contributed by atoms with Crippen molar-refractivity contribution in [3.63, 3.8) is 0 Å². The lowest BCUT2D eigenvalue weighted by molar-refractivity contribution is 0.145. The number of nitrogens with one attached hydrogen (secondary N) is 1. The fraction of sp³-hybridized carbons (Fsp3) is 0.448. The number of benzene rings is 1. The molecule has 1 saturated carbocycles. The molecule has 0 saturated heterocycles. The largest absolute Gasteiger partial charge is 0.491 e. The third-order valence-electron chi connectivity index (χ3n) is 7.57. The molecule has 1 aliphatic heterocycles. The monoisotopic (exact) mass is 516 g/mol. The standard InChI is InChI=1S/C29H36N6O3/c1-19(2)26-22(16-31-18-33-26)23-8-9-24-27(34-23)29(10-4-5-11-29)17-35(24)28(36)32-15-20-6-7-21(30)14-25(20)38-13-12-37-3/h6-9,14,16,18-19H,4-5,10-13,15,17,30H2,1-3H3,(H,32,36). The summed E-state index contributed by atoms with van der Waals surface area (Å²) in [4.78, 5) is 29.4. The molecule has 1 fully saturated rings. The first kappa shape index (κ1) is 25.9. The molecule has 38 heavy (non-hydrogen) atoms. The van der Waals surface area contributed by atoms with Gasteiger partial charge in [-0.1, -0.05) is 32.8 Å². The molecular formula is C29H36N6O3. The van der Waals surface area contributed by atoms with Crippen molar-refractivity contribution in [2.75, 3.05) is 37.5 Å². The Kier molecular flexibility index (Phi) is 7.46. The van der Waals surface area contributed by atoms with Gasteiger partial charge in [-0.3, -0.25) is 4.90 Å². The number of methoxy groups -OCH3 is 1. The molecule has 2 aliphatic rings. The van der Waals surface area contributed by atoms with Crippen molar-refractivity contribution >= 4 is 17.4 Å². The van der Waals surface area contributed by atoms with Crippen molar-refractivity contribution in [2.24, 2.45) is 0 Å². The second kappa shape index (κ2) is 10.9. The molecule has 0 unspecified atom stereocenters. The lowest BCUT2D eigenvalue weighted by Gasteiger charge is -2.24. The average molecular weight is 517 g/mol. The van der Waals surface area contributed by atoms with Crippen LogP contribution >= 0.6 is 0 Å². The number of nitrogens with zero attached hydrogens (tertiary/aromatic N) is 4. The van der Waals surface area contributed by atoms with Gasteiger partial charge in [0.05, 0.1) is 29.4 Å². The number of carbonyl (C=O) groups is 1. The van der Waals surface area contributed by atoms with Gasteiger partial charge in [0.2, 0.25) is 0 Å². The van der Waals surface area contributed by atoms with Gasteiger partial charge in [0.25, 0.3) is 0 Å². The Hall–Kier alpha value is -3.72. The summed E-state index contributed by atoms with van der Waals surface area (Å²) in [7, 11) is 1.63. The molecule has 9 nitrogen and oxygen atoms in total. The molecule has 2 aromatic heterocycles. The Labute approximate surface area is 223 Å². The van der Waals surface area contributed by atoms with Gasteiger partial charge < -0.3 is 20.5 Å². The number of fused-ring (bicyclic) bond motifs is 2. The van der Waals surface area contributed by atoms with E-state index in [0.29, 0.717) is 37.7 Å². The highest BCUT2D eigenvalue weighted by Crippen LogP contribution is 2.50. The van der Waals surface area contributed by atoms with Crippen LogP contribution in [0.25, 0.3) is 11.3 Å². The van der Waals surface area contributed by atoms with E-state index in [1.807, 2.05) is 35.4 Å². The Bertz CT molecular complexity index is 1310. The highest BCUT2D eigenvalue weighted by atomic mass is 16.5. The number of aromatic nitrogens is 3. The Morgan fingerprint density at radius 1 is 1.18 bits per heavy atom. The maximum atomic E-state index is 13.5. The predicted molar refractivity (Wildman–Crippen MR) is 147 cm³/mol. The van der Waals surface area contributed by atoms with Crippen LogP contribution in [0, 0.1) is 0 Å². The second-order valence-electron chi connectivity index (χ2n) is 10.5. The van der Waals surface area contributed by atoms with E-state index in [0.717, 1.165) is 59.6 Å². The SMILES string of the molecule is COCCOc1cc(N)ccc1CNC(=O)N1CC2(CCCC2)c2nc(-c3cncnc3C(C)C)ccc21. The minimum absolute atomic E-state index is 0.119. The fourth-order valence-electron chi connectivity index (χ4n) is 5.65. The molecule has 1 spiro atoms. The van der Waals surface area contributed by atoms with E-state index in [1.165, 1.54) is 0 Å². The molecule has 0 bridgehead atoms. The number of rotatable bonds is 8. The molecule has 1 aliphatic carbocycles. The van der Waals surface area contributed by atoms with Gasteiger partial charge in [0.1, 0.15) is 18.7 Å². The van der Waals surface area contributed by atoms with Crippen molar-refractivity contribution < 1.29 is 14.3 Å². The molecule has 2 amide bonds. The van der Waals surface area contributed by atoms with Gasteiger partial charge >= 0.3 is 6.03 Å². The third-order valence-corrected chi connectivity index (χ3v) is 7.57. The topological polar surface area (TPSA) is 115 Å². The zero-order valence-electron chi connectivity index (χ0n) is 22.4. The van der Waals surface area contributed by atoms with Crippen LogP contribution in [0.3, 0.4) is 0 Å². The summed E-state index contributed by atoms with van der Waals surface area (Å²) >= 11 is 0. The maximum absolute atomic E-state index is 13.5. The number of ether oxygens (including phenoxy) is 2. The highest BCUT2D eigenvalue weighted by molar-refractivity contribution is 5.95. The van der Waals surface area contributed by atoms with Crippen LogP contribution in [0.2, 0.25) is 0 Å². The van der Waals surface area contributed by atoms with E-state index in [2.05, 4.69) is 29.1 Å². The average Bonchev–Trinajstić information content (AvgIpc) is 3.53. The minimum atomic E-state index is -0.143. The molecule has 3 heterocycles. The molecule has 3 aromatic rings. The van der Waals surface area contributed by atoms with Crippen LogP contribution in [0.1, 0.15) is 62.4 Å². The van der Waals surface area contributed by atoms with Gasteiger partial charge in [-0.05, 0) is 37.0 Å². The van der Waals surface area contributed by atoms with Crippen LogP contribution in [0.5, 0.6) is 5.75 Å². The van der Waals surface area contributed by atoms with Crippen molar-refractivity contribution in [3.05, 3.63) is 59.8 Å². The first-order valence-corrected chi connectivity index (χ1v) is 13.3. The van der Waals surface area contributed by atoms with Gasteiger partial charge in [-0.25, -0.2) is 19.7 Å². The minimum Gasteiger partial charge on any atom is -0.491 e. The Morgan fingerprint density at radius 2 is 2.00 bits per heavy atom. The van der Waals surface area contributed by atoms with Gasteiger partial charge in [-0.2, -0.15) is 0 Å². The quantitative estimate of drug-likeness (QED) is 0.326. The number of nitrogens with two attached hydrogens (primary N) is 1. The van der Waals surface area contributed by atoms with Crippen LogP contribution in [-0.4, -0.2) is 47.9 Å². The number of carbonyl (C=O) groups excluding carboxylic acids is 1. The summed E-state index contributed by atoms with van der Waals surface area (Å²) in [5.41, 5.74) is 12.0. The smallest absolute Gasteiger partial charge is 0.322 e. The zero-order chi connectivity index (χ0) is 26.7. The number of amides is 2. The number of urea groups is 1. The summed E-state index contributed by atoms with van der Waals surface area (Å²) < 4.78 is 10.9. The van der Waals surface area contributed by atoms with E-state index in [-0.39, 0.29) is 17.4 Å². The summed E-state index contributed by atoms with van der Waals surface area (Å²) in [6.07, 6.45) is 7.76. The lowest BCUT2D eigenvalue weighted by atomic mass is 9.84. The van der Waals surface area contributed by atoms with Crippen molar-refractivity contribution in [3.8, 4) is 17.0 Å². The lowest BCUT2D eigenvalue weighted by Crippen LogP contribution is -2.41. The number of hydrogen-bond donors (Lipinski definition) is 2. The van der Waals surface area contributed by atoms with E-state index in [4.69, 9.17) is 20.2 Å². The van der Waals surface area contributed by atoms with Crippen molar-refractivity contribution in [1.29, 1.82) is 0 Å². The molecular weight excluding hydrogens is 480 g/mol. The molecule has 200 valence electrons. The summed E-state index contributed by atoms with van der Waals surface area (Å²) in [6, 6.07) is 9.35. The van der Waals surface area contributed by atoms with Gasteiger partial charge in [-0.15, -0.1) is 0 Å². The summed E-state index contributed by atoms with van der Waals surface area (Å²) in [5.74, 6) is 0.899. The number of hydrogen-bond acceptors (Lipinski definition) is 7. The molecule has 0 atom stereocenters. The molecule has 5 rings (SSSR count). The maximum Gasteiger partial charge on any atom is 0.322 e. The number of nitrogen functional groups attached to an aromatic ring is 1. The molecule has 3 N–H and O–H groups in total. The number of anilines is 2. The van der Waals surface area contributed by atoms with Crippen molar-refractivity contribution in [1.82, 2.24) is 20.3 Å². The first-order chi connectivity index (χ1) is 18.4. The van der Waals surface area contributed by atoms with Gasteiger partial charge in [0, 0.05) is 54.7 Å². The summed E-state index contributed by atoms with van der Waals surface area (Å²) in [6.45, 7) is 6.08. The van der Waals surface area contributed by atoms with Crippen LogP contribution in [0.4, 0.5) is 16.2 Å². The zero-order valence-corrected chi connectivity index (χ0v) is 22.4. The van der Waals surface area contributed by atoms with E-state index in [1.54, 1.807) is 19.5 Å². The van der Waals surface area contributed by atoms with Crippen molar-refractivity contribution in [2.45, 2.75) is 57.4 Å². The Balaban J connectivity index is 1.40. The summed E-state index contributed by atoms with van der Waals surface area (Å²) in [5, 5.41) is 3.10. The molecule has 0 radical (unpaired) electrons. The van der Waals surface area contributed by atoms with E-state index >= 15 is 0 Å². The fourth-order valence-corrected chi connectivity index (χ4v) is 5.65. The van der Waals surface area contributed by atoms with Gasteiger partial charge in [0.15, 0.2) is 0 Å². The molecule has 9 heteroatoms.